The molecule has 0 unspecified atom stereocenters. The molecule has 0 radical (unpaired) electrons. The van der Waals surface area contributed by atoms with Crippen molar-refractivity contribution in [3.05, 3.63) is 114 Å². The van der Waals surface area contributed by atoms with E-state index in [1.165, 1.54) is 0 Å². The molecule has 0 spiro atoms. The number of hydrogen-bond acceptors (Lipinski definition) is 1. The number of rotatable bonds is 2. The molecule has 0 aliphatic rings. The Morgan fingerprint density at radius 2 is 1.10 bits per heavy atom. The van der Waals surface area contributed by atoms with E-state index in [0.717, 1.165) is 43.8 Å². The minimum absolute atomic E-state index is 0.379. The van der Waals surface area contributed by atoms with Crippen LogP contribution in [-0.2, 0) is 0 Å². The van der Waals surface area contributed by atoms with Crippen molar-refractivity contribution in [2.24, 2.45) is 0 Å². The zero-order chi connectivity index (χ0) is 20.5. The first-order chi connectivity index (χ1) is 14.8. The van der Waals surface area contributed by atoms with Crippen molar-refractivity contribution in [2.45, 2.75) is 0 Å². The molecule has 2 heteroatoms. The lowest BCUT2D eigenvalue weighted by Gasteiger charge is -2.16. The number of hydrogen-bond donors (Lipinski definition) is 0. The Bertz CT molecular complexity index is 1390. The van der Waals surface area contributed by atoms with Crippen LogP contribution in [0.1, 0.15) is 5.56 Å². The Balaban J connectivity index is 1.92. The Morgan fingerprint density at radius 1 is 0.600 bits per heavy atom. The lowest BCUT2D eigenvalue weighted by molar-refractivity contribution is 1.49. The van der Waals surface area contributed by atoms with Crippen molar-refractivity contribution in [3.8, 4) is 28.3 Å². The molecule has 0 aliphatic carbocycles. The second-order valence-electron chi connectivity index (χ2n) is 7.19. The second-order valence-corrected chi connectivity index (χ2v) is 7.19. The van der Waals surface area contributed by atoms with E-state index in [9.17, 15) is 5.26 Å². The van der Waals surface area contributed by atoms with Crippen LogP contribution in [0.15, 0.2) is 97.1 Å². The van der Waals surface area contributed by atoms with Crippen molar-refractivity contribution in [3.63, 3.8) is 0 Å². The fraction of sp³-hybridized carbons (Fsp3) is 0. The third-order valence-corrected chi connectivity index (χ3v) is 5.54. The normalized spacial score (nSPS) is 10.6. The van der Waals surface area contributed by atoms with Crippen molar-refractivity contribution < 1.29 is 0 Å². The highest BCUT2D eigenvalue weighted by Crippen LogP contribution is 2.42. The minimum atomic E-state index is 0.379. The lowest BCUT2D eigenvalue weighted by atomic mass is 9.87. The van der Waals surface area contributed by atoms with Gasteiger partial charge in [0.05, 0.1) is 18.2 Å². The van der Waals surface area contributed by atoms with Crippen molar-refractivity contribution >= 4 is 27.2 Å². The van der Waals surface area contributed by atoms with E-state index in [0.29, 0.717) is 11.3 Å². The van der Waals surface area contributed by atoms with Crippen LogP contribution in [0.2, 0.25) is 0 Å². The maximum Gasteiger partial charge on any atom is 0.205 e. The van der Waals surface area contributed by atoms with Crippen LogP contribution in [0.3, 0.4) is 0 Å². The first kappa shape index (κ1) is 17.7. The largest absolute Gasteiger partial charge is 0.237 e. The molecule has 0 bridgehead atoms. The third kappa shape index (κ3) is 2.80. The smallest absolute Gasteiger partial charge is 0.205 e. The third-order valence-electron chi connectivity index (χ3n) is 5.54. The van der Waals surface area contributed by atoms with Gasteiger partial charge in [0.1, 0.15) is 0 Å². The van der Waals surface area contributed by atoms with Gasteiger partial charge in [-0.3, -0.25) is 0 Å². The molecule has 0 aliphatic heterocycles. The summed E-state index contributed by atoms with van der Waals surface area (Å²) in [5.74, 6) is 0. The summed E-state index contributed by atoms with van der Waals surface area (Å²) in [6.07, 6.45) is 0. The first-order valence-electron chi connectivity index (χ1n) is 9.72. The monoisotopic (exact) mass is 380 g/mol. The molecule has 2 nitrogen and oxygen atoms in total. The Kier molecular flexibility index (Phi) is 4.25. The molecule has 30 heavy (non-hydrogen) atoms. The molecule has 0 amide bonds. The van der Waals surface area contributed by atoms with Crippen molar-refractivity contribution in [1.29, 1.82) is 5.26 Å². The van der Waals surface area contributed by atoms with E-state index in [4.69, 9.17) is 6.57 Å². The van der Waals surface area contributed by atoms with Gasteiger partial charge in [-0.25, -0.2) is 4.85 Å². The summed E-state index contributed by atoms with van der Waals surface area (Å²) in [5.41, 5.74) is 4.83. The van der Waals surface area contributed by atoms with Gasteiger partial charge >= 0.3 is 0 Å². The standard InChI is InChI=1S/C28H16N2/c1-30-28-17-27(25-15-7-11-20-9-3-5-13-23(20)25)26(16-21(28)18-29)24-14-6-10-19-8-2-4-12-22(19)24/h2-17H. The predicted octanol–water partition coefficient (Wildman–Crippen LogP) is 7.75. The van der Waals surface area contributed by atoms with E-state index in [1.54, 1.807) is 0 Å². The van der Waals surface area contributed by atoms with Crippen molar-refractivity contribution in [2.75, 3.05) is 0 Å². The number of benzene rings is 5. The van der Waals surface area contributed by atoms with Crippen LogP contribution in [0.4, 0.5) is 5.69 Å². The maximum absolute atomic E-state index is 9.67. The summed E-state index contributed by atoms with van der Waals surface area (Å²) in [6, 6.07) is 34.9. The summed E-state index contributed by atoms with van der Waals surface area (Å²) in [6.45, 7) is 7.59. The summed E-state index contributed by atoms with van der Waals surface area (Å²) in [4.78, 5) is 3.63. The fourth-order valence-corrected chi connectivity index (χ4v) is 4.14. The van der Waals surface area contributed by atoms with E-state index in [1.807, 2.05) is 48.5 Å². The van der Waals surface area contributed by atoms with Crippen LogP contribution < -0.4 is 0 Å². The molecule has 5 aromatic rings. The van der Waals surface area contributed by atoms with Gasteiger partial charge in [0.25, 0.3) is 0 Å². The highest BCUT2D eigenvalue weighted by molar-refractivity contribution is 6.06. The summed E-state index contributed by atoms with van der Waals surface area (Å²) in [7, 11) is 0. The topological polar surface area (TPSA) is 28.1 Å². The van der Waals surface area contributed by atoms with Gasteiger partial charge in [-0.1, -0.05) is 84.9 Å². The molecule has 0 fully saturated rings. The highest BCUT2D eigenvalue weighted by atomic mass is 14.6. The van der Waals surface area contributed by atoms with Gasteiger partial charge in [0.2, 0.25) is 5.69 Å². The average Bonchev–Trinajstić information content (AvgIpc) is 2.82. The van der Waals surface area contributed by atoms with E-state index < -0.39 is 0 Å². The molecule has 5 rings (SSSR count). The summed E-state index contributed by atoms with van der Waals surface area (Å²) >= 11 is 0. The van der Waals surface area contributed by atoms with Gasteiger partial charge < -0.3 is 0 Å². The average molecular weight is 380 g/mol. The van der Waals surface area contributed by atoms with Gasteiger partial charge in [-0.05, 0) is 55.9 Å². The Hall–Kier alpha value is -4.40. The molecule has 0 saturated heterocycles. The zero-order valence-electron chi connectivity index (χ0n) is 16.1. The Morgan fingerprint density at radius 3 is 1.63 bits per heavy atom. The van der Waals surface area contributed by atoms with Gasteiger partial charge in [0.15, 0.2) is 0 Å². The second kappa shape index (κ2) is 7.21. The van der Waals surface area contributed by atoms with Crippen LogP contribution >= 0.6 is 0 Å². The van der Waals surface area contributed by atoms with E-state index in [2.05, 4.69) is 59.4 Å². The maximum atomic E-state index is 9.67. The summed E-state index contributed by atoms with van der Waals surface area (Å²) < 4.78 is 0. The number of nitrogens with zero attached hydrogens (tertiary/aromatic N) is 2. The summed E-state index contributed by atoms with van der Waals surface area (Å²) in [5, 5.41) is 14.2. The molecule has 138 valence electrons. The molecule has 5 aromatic carbocycles. The highest BCUT2D eigenvalue weighted by Gasteiger charge is 2.16. The quantitative estimate of drug-likeness (QED) is 0.288. The van der Waals surface area contributed by atoms with Crippen LogP contribution in [0.25, 0.3) is 48.6 Å². The van der Waals surface area contributed by atoms with Crippen molar-refractivity contribution in [1.82, 2.24) is 0 Å². The number of fused-ring (bicyclic) bond motifs is 2. The molecule has 0 heterocycles. The lowest BCUT2D eigenvalue weighted by Crippen LogP contribution is -1.90. The van der Waals surface area contributed by atoms with Crippen LogP contribution in [-0.4, -0.2) is 0 Å². The van der Waals surface area contributed by atoms with Gasteiger partial charge in [-0.15, -0.1) is 0 Å². The van der Waals surface area contributed by atoms with Gasteiger partial charge in [-0.2, -0.15) is 5.26 Å². The zero-order valence-corrected chi connectivity index (χ0v) is 16.1. The first-order valence-corrected chi connectivity index (χ1v) is 9.72. The fourth-order valence-electron chi connectivity index (χ4n) is 4.14. The molecule has 0 saturated carbocycles. The van der Waals surface area contributed by atoms with Gasteiger partial charge in [0, 0.05) is 0 Å². The molecular formula is C28H16N2. The number of nitriles is 1. The van der Waals surface area contributed by atoms with Crippen LogP contribution in [0.5, 0.6) is 0 Å². The minimum Gasteiger partial charge on any atom is -0.237 e. The molecule has 0 atom stereocenters. The van der Waals surface area contributed by atoms with Crippen LogP contribution in [0, 0.1) is 17.9 Å². The molecular weight excluding hydrogens is 364 g/mol. The predicted molar refractivity (Wildman–Crippen MR) is 123 cm³/mol. The van der Waals surface area contributed by atoms with E-state index in [-0.39, 0.29) is 0 Å². The molecule has 0 aromatic heterocycles. The molecule has 0 N–H and O–H groups in total. The van der Waals surface area contributed by atoms with E-state index >= 15 is 0 Å². The SMILES string of the molecule is [C-]#[N+]c1cc(-c2cccc3ccccc23)c(-c2cccc3ccccc23)cc1C#N. The Labute approximate surface area is 175 Å².